The number of amides is 4. The Hall–Kier alpha value is -2.87. The first-order valence-electron chi connectivity index (χ1n) is 10.2. The molecule has 1 aromatic rings. The maximum atomic E-state index is 13.0. The fourth-order valence-corrected chi connectivity index (χ4v) is 3.76. The largest absolute Gasteiger partial charge is 0.489 e. The van der Waals surface area contributed by atoms with E-state index in [0.29, 0.717) is 43.6 Å². The van der Waals surface area contributed by atoms with Gasteiger partial charge in [-0.1, -0.05) is 18.7 Å². The van der Waals surface area contributed by atoms with E-state index < -0.39 is 17.5 Å². The monoisotopic (exact) mass is 415 g/mol. The number of nitrogens with one attached hydrogen (secondary N) is 2. The summed E-state index contributed by atoms with van der Waals surface area (Å²) in [4.78, 5) is 38.8. The van der Waals surface area contributed by atoms with Crippen LogP contribution in [0.4, 0.5) is 4.79 Å². The van der Waals surface area contributed by atoms with Crippen LogP contribution in [-0.2, 0) is 15.1 Å². The van der Waals surface area contributed by atoms with Crippen molar-refractivity contribution in [3.05, 3.63) is 42.0 Å². The molecule has 8 heteroatoms. The third-order valence-corrected chi connectivity index (χ3v) is 5.56. The number of ether oxygens (including phenoxy) is 1. The molecule has 1 saturated heterocycles. The van der Waals surface area contributed by atoms with Crippen LogP contribution in [-0.4, -0.2) is 53.1 Å². The van der Waals surface area contributed by atoms with Crippen molar-refractivity contribution < 1.29 is 24.2 Å². The number of benzene rings is 1. The zero-order chi connectivity index (χ0) is 21.9. The lowest BCUT2D eigenvalue weighted by atomic mass is 9.92. The molecule has 1 aliphatic carbocycles. The Morgan fingerprint density at radius 3 is 2.50 bits per heavy atom. The molecule has 3 rings (SSSR count). The van der Waals surface area contributed by atoms with Gasteiger partial charge in [0.15, 0.2) is 0 Å². The normalized spacial score (nSPS) is 26.3. The minimum absolute atomic E-state index is 0.0419. The number of aliphatic hydroxyl groups excluding tert-OH is 1. The highest BCUT2D eigenvalue weighted by atomic mass is 16.5. The molecule has 1 heterocycles. The highest BCUT2D eigenvalue weighted by molar-refractivity contribution is 6.09. The second kappa shape index (κ2) is 8.87. The van der Waals surface area contributed by atoms with Gasteiger partial charge in [0.25, 0.3) is 5.91 Å². The smallest absolute Gasteiger partial charge is 0.325 e. The van der Waals surface area contributed by atoms with Gasteiger partial charge in [-0.15, -0.1) is 0 Å². The number of rotatable bonds is 7. The Morgan fingerprint density at radius 2 is 1.90 bits per heavy atom. The van der Waals surface area contributed by atoms with Crippen LogP contribution in [0, 0.1) is 0 Å². The first kappa shape index (κ1) is 21.8. The van der Waals surface area contributed by atoms with Crippen LogP contribution in [0.25, 0.3) is 0 Å². The Balaban J connectivity index is 1.63. The van der Waals surface area contributed by atoms with Gasteiger partial charge in [0.05, 0.1) is 6.10 Å². The van der Waals surface area contributed by atoms with E-state index >= 15 is 0 Å². The van der Waals surface area contributed by atoms with Gasteiger partial charge in [0.1, 0.15) is 24.4 Å². The van der Waals surface area contributed by atoms with Crippen molar-refractivity contribution in [2.75, 3.05) is 13.2 Å². The van der Waals surface area contributed by atoms with Crippen LogP contribution >= 0.6 is 0 Å². The summed E-state index contributed by atoms with van der Waals surface area (Å²) in [5.41, 5.74) is 0.245. The first-order valence-corrected chi connectivity index (χ1v) is 10.2. The number of carbonyl (C=O) groups excluding carboxylic acids is 3. The van der Waals surface area contributed by atoms with E-state index in [1.807, 2.05) is 6.92 Å². The lowest BCUT2D eigenvalue weighted by Gasteiger charge is -2.27. The Labute approximate surface area is 176 Å². The second-order valence-electron chi connectivity index (χ2n) is 8.29. The molecule has 1 atom stereocenters. The number of carbonyl (C=O) groups is 3. The third-order valence-electron chi connectivity index (χ3n) is 5.56. The lowest BCUT2D eigenvalue weighted by Crippen LogP contribution is -2.46. The van der Waals surface area contributed by atoms with Crippen LogP contribution in [0.2, 0.25) is 0 Å². The molecule has 0 bridgehead atoms. The van der Waals surface area contributed by atoms with Gasteiger partial charge in [-0.3, -0.25) is 14.5 Å². The van der Waals surface area contributed by atoms with E-state index in [4.69, 9.17) is 4.74 Å². The number of urea groups is 1. The lowest BCUT2D eigenvalue weighted by molar-refractivity contribution is -0.135. The maximum absolute atomic E-state index is 13.0. The summed E-state index contributed by atoms with van der Waals surface area (Å²) in [7, 11) is 0. The van der Waals surface area contributed by atoms with Gasteiger partial charge in [-0.05, 0) is 62.8 Å². The summed E-state index contributed by atoms with van der Waals surface area (Å²) in [5, 5.41) is 15.1. The molecule has 0 aromatic heterocycles. The van der Waals surface area contributed by atoms with Gasteiger partial charge in [0.2, 0.25) is 5.91 Å². The number of nitrogens with zero attached hydrogens (tertiary/aromatic N) is 1. The zero-order valence-corrected chi connectivity index (χ0v) is 17.4. The minimum atomic E-state index is -1.25. The molecule has 30 heavy (non-hydrogen) atoms. The standard InChI is InChI=1S/C22H29N3O5/c1-14(2)13-30-18-10-4-15(5-11-18)22(3)20(28)25(21(29)24-22)12-19(27)23-16-6-8-17(26)9-7-16/h4-5,10-11,16-17,26H,1,6-9,12-13H2,2-3H3,(H,23,27)(H,24,29). The summed E-state index contributed by atoms with van der Waals surface area (Å²) >= 11 is 0. The number of aliphatic hydroxyl groups is 1. The molecule has 2 aliphatic rings. The van der Waals surface area contributed by atoms with Gasteiger partial charge in [-0.25, -0.2) is 4.79 Å². The predicted molar refractivity (Wildman–Crippen MR) is 111 cm³/mol. The second-order valence-corrected chi connectivity index (χ2v) is 8.29. The summed E-state index contributed by atoms with van der Waals surface area (Å²) in [6.07, 6.45) is 2.33. The first-order chi connectivity index (χ1) is 14.2. The molecule has 0 radical (unpaired) electrons. The van der Waals surface area contributed by atoms with Crippen LogP contribution in [0.3, 0.4) is 0 Å². The SMILES string of the molecule is C=C(C)COc1ccc(C2(C)NC(=O)N(CC(=O)NC3CCC(O)CC3)C2=O)cc1. The van der Waals surface area contributed by atoms with Crippen LogP contribution < -0.4 is 15.4 Å². The van der Waals surface area contributed by atoms with Crippen LogP contribution in [0.5, 0.6) is 5.75 Å². The topological polar surface area (TPSA) is 108 Å². The average Bonchev–Trinajstić information content (AvgIpc) is 2.92. The van der Waals surface area contributed by atoms with E-state index in [1.165, 1.54) is 0 Å². The molecular formula is C22H29N3O5. The molecule has 1 saturated carbocycles. The van der Waals surface area contributed by atoms with Gasteiger partial charge in [-0.2, -0.15) is 0 Å². The fraction of sp³-hybridized carbons (Fsp3) is 0.500. The van der Waals surface area contributed by atoms with Gasteiger partial charge >= 0.3 is 6.03 Å². The van der Waals surface area contributed by atoms with Gasteiger partial charge in [0, 0.05) is 6.04 Å². The highest BCUT2D eigenvalue weighted by Gasteiger charge is 2.49. The fourth-order valence-electron chi connectivity index (χ4n) is 3.76. The number of hydrogen-bond acceptors (Lipinski definition) is 5. The van der Waals surface area contributed by atoms with E-state index in [-0.39, 0.29) is 24.6 Å². The molecule has 2 fully saturated rings. The molecule has 8 nitrogen and oxygen atoms in total. The molecular weight excluding hydrogens is 386 g/mol. The molecule has 3 N–H and O–H groups in total. The predicted octanol–water partition coefficient (Wildman–Crippen LogP) is 1.83. The van der Waals surface area contributed by atoms with Crippen molar-refractivity contribution in [3.63, 3.8) is 0 Å². The van der Waals surface area contributed by atoms with Crippen molar-refractivity contribution >= 4 is 17.8 Å². The molecule has 162 valence electrons. The summed E-state index contributed by atoms with van der Waals surface area (Å²) in [6.45, 7) is 7.34. The average molecular weight is 415 g/mol. The Morgan fingerprint density at radius 1 is 1.27 bits per heavy atom. The van der Waals surface area contributed by atoms with E-state index in [0.717, 1.165) is 10.5 Å². The van der Waals surface area contributed by atoms with Crippen LogP contribution in [0.15, 0.2) is 36.4 Å². The van der Waals surface area contributed by atoms with Crippen molar-refractivity contribution in [1.29, 1.82) is 0 Å². The van der Waals surface area contributed by atoms with Crippen molar-refractivity contribution in [2.24, 2.45) is 0 Å². The van der Waals surface area contributed by atoms with Crippen molar-refractivity contribution in [2.45, 2.75) is 57.2 Å². The molecule has 4 amide bonds. The number of hydrogen-bond donors (Lipinski definition) is 3. The molecule has 1 aliphatic heterocycles. The number of imide groups is 1. The zero-order valence-electron chi connectivity index (χ0n) is 17.4. The van der Waals surface area contributed by atoms with E-state index in [2.05, 4.69) is 17.2 Å². The quantitative estimate of drug-likeness (QED) is 0.465. The summed E-state index contributed by atoms with van der Waals surface area (Å²) in [6, 6.07) is 6.27. The van der Waals surface area contributed by atoms with Crippen molar-refractivity contribution in [3.8, 4) is 5.75 Å². The summed E-state index contributed by atoms with van der Waals surface area (Å²) in [5.74, 6) is -0.221. The molecule has 0 spiro atoms. The minimum Gasteiger partial charge on any atom is -0.489 e. The Kier molecular flexibility index (Phi) is 6.45. The third kappa shape index (κ3) is 4.81. The summed E-state index contributed by atoms with van der Waals surface area (Å²) < 4.78 is 5.57. The molecule has 1 aromatic carbocycles. The highest BCUT2D eigenvalue weighted by Crippen LogP contribution is 2.30. The Bertz CT molecular complexity index is 830. The van der Waals surface area contributed by atoms with Crippen LogP contribution in [0.1, 0.15) is 45.1 Å². The van der Waals surface area contributed by atoms with Crippen molar-refractivity contribution in [1.82, 2.24) is 15.5 Å². The van der Waals surface area contributed by atoms with Gasteiger partial charge < -0.3 is 20.5 Å². The van der Waals surface area contributed by atoms with E-state index in [1.54, 1.807) is 31.2 Å². The van der Waals surface area contributed by atoms with E-state index in [9.17, 15) is 19.5 Å². The molecule has 1 unspecified atom stereocenters. The maximum Gasteiger partial charge on any atom is 0.325 e.